The summed E-state index contributed by atoms with van der Waals surface area (Å²) in [5.41, 5.74) is 3.56. The van der Waals surface area contributed by atoms with Crippen LogP contribution in [-0.2, 0) is 11.2 Å². The van der Waals surface area contributed by atoms with Crippen LogP contribution in [0.4, 0.5) is 5.69 Å². The van der Waals surface area contributed by atoms with Gasteiger partial charge >= 0.3 is 0 Å². The summed E-state index contributed by atoms with van der Waals surface area (Å²) in [4.78, 5) is 16.3. The lowest BCUT2D eigenvalue weighted by molar-refractivity contribution is -0.112. The molecule has 1 heterocycles. The van der Waals surface area contributed by atoms with E-state index < -0.39 is 5.91 Å². The van der Waals surface area contributed by atoms with E-state index in [-0.39, 0.29) is 5.57 Å². The highest BCUT2D eigenvalue weighted by atomic mass is 16.1. The molecule has 3 aromatic rings. The molecule has 0 fully saturated rings. The third-order valence-electron chi connectivity index (χ3n) is 4.28. The molecule has 28 heavy (non-hydrogen) atoms. The fourth-order valence-corrected chi connectivity index (χ4v) is 2.71. The van der Waals surface area contributed by atoms with Gasteiger partial charge in [0.15, 0.2) is 0 Å². The van der Waals surface area contributed by atoms with E-state index in [1.165, 1.54) is 11.9 Å². The summed E-state index contributed by atoms with van der Waals surface area (Å²) < 4.78 is 1.63. The van der Waals surface area contributed by atoms with Crippen molar-refractivity contribution >= 4 is 17.7 Å². The SMILES string of the molecule is CCCCc1ccc(NC(=O)/C(C#N)=C\c2ccc(-n3cncn3)cc2)cc1. The van der Waals surface area contributed by atoms with E-state index in [1.54, 1.807) is 17.1 Å². The molecule has 0 unspecified atom stereocenters. The lowest BCUT2D eigenvalue weighted by atomic mass is 10.1. The Bertz CT molecular complexity index is 981. The molecule has 3 rings (SSSR count). The van der Waals surface area contributed by atoms with Gasteiger partial charge in [0.1, 0.15) is 24.3 Å². The van der Waals surface area contributed by atoms with Crippen LogP contribution in [0.15, 0.2) is 66.8 Å². The minimum atomic E-state index is -0.427. The van der Waals surface area contributed by atoms with Gasteiger partial charge in [-0.15, -0.1) is 0 Å². The lowest BCUT2D eigenvalue weighted by Crippen LogP contribution is -2.13. The first-order valence-electron chi connectivity index (χ1n) is 9.16. The molecule has 1 N–H and O–H groups in total. The Morgan fingerprint density at radius 2 is 1.93 bits per heavy atom. The van der Waals surface area contributed by atoms with Gasteiger partial charge in [-0.05, 0) is 54.3 Å². The summed E-state index contributed by atoms with van der Waals surface area (Å²) in [5, 5.41) is 16.2. The number of hydrogen-bond donors (Lipinski definition) is 1. The van der Waals surface area contributed by atoms with Crippen molar-refractivity contribution in [3.05, 3.63) is 77.9 Å². The van der Waals surface area contributed by atoms with Crippen LogP contribution >= 0.6 is 0 Å². The molecule has 1 aromatic heterocycles. The van der Waals surface area contributed by atoms with Crippen molar-refractivity contribution in [2.24, 2.45) is 0 Å². The smallest absolute Gasteiger partial charge is 0.266 e. The zero-order valence-corrected chi connectivity index (χ0v) is 15.7. The standard InChI is InChI=1S/C22H21N5O/c1-2-3-4-17-5-9-20(10-6-17)26-22(28)19(14-23)13-18-7-11-21(12-8-18)27-16-24-15-25-27/h5-13,15-16H,2-4H2,1H3,(H,26,28)/b19-13-. The maximum absolute atomic E-state index is 12.4. The Kier molecular flexibility index (Phi) is 6.32. The van der Waals surface area contributed by atoms with Gasteiger partial charge in [-0.2, -0.15) is 10.4 Å². The van der Waals surface area contributed by atoms with Crippen molar-refractivity contribution in [3.63, 3.8) is 0 Å². The van der Waals surface area contributed by atoms with E-state index in [9.17, 15) is 10.1 Å². The third-order valence-corrected chi connectivity index (χ3v) is 4.28. The first-order chi connectivity index (χ1) is 13.7. The summed E-state index contributed by atoms with van der Waals surface area (Å²) >= 11 is 0. The molecular weight excluding hydrogens is 350 g/mol. The molecule has 0 aliphatic carbocycles. The molecule has 6 heteroatoms. The largest absolute Gasteiger partial charge is 0.321 e. The molecule has 0 spiro atoms. The number of nitrogens with one attached hydrogen (secondary N) is 1. The van der Waals surface area contributed by atoms with Crippen LogP contribution in [-0.4, -0.2) is 20.7 Å². The molecule has 0 aliphatic rings. The van der Waals surface area contributed by atoms with Gasteiger partial charge in [0.25, 0.3) is 5.91 Å². The second-order valence-electron chi connectivity index (χ2n) is 6.36. The Balaban J connectivity index is 1.68. The number of anilines is 1. The Morgan fingerprint density at radius 1 is 1.18 bits per heavy atom. The minimum Gasteiger partial charge on any atom is -0.321 e. The average molecular weight is 371 g/mol. The molecule has 0 saturated heterocycles. The van der Waals surface area contributed by atoms with Gasteiger partial charge in [-0.3, -0.25) is 4.79 Å². The van der Waals surface area contributed by atoms with E-state index in [1.807, 2.05) is 54.6 Å². The maximum atomic E-state index is 12.4. The summed E-state index contributed by atoms with van der Waals surface area (Å²) in [6, 6.07) is 17.1. The number of nitriles is 1. The highest BCUT2D eigenvalue weighted by Crippen LogP contribution is 2.15. The zero-order chi connectivity index (χ0) is 19.8. The van der Waals surface area contributed by atoms with Crippen LogP contribution in [0.2, 0.25) is 0 Å². The predicted octanol–water partition coefficient (Wildman–Crippen LogP) is 4.16. The molecule has 6 nitrogen and oxygen atoms in total. The normalized spacial score (nSPS) is 11.1. The second-order valence-corrected chi connectivity index (χ2v) is 6.36. The van der Waals surface area contributed by atoms with Gasteiger partial charge in [-0.1, -0.05) is 37.6 Å². The van der Waals surface area contributed by atoms with Crippen LogP contribution in [0.5, 0.6) is 0 Å². The number of rotatable bonds is 7. The zero-order valence-electron chi connectivity index (χ0n) is 15.7. The fourth-order valence-electron chi connectivity index (χ4n) is 2.71. The first-order valence-corrected chi connectivity index (χ1v) is 9.16. The molecule has 1 amide bonds. The highest BCUT2D eigenvalue weighted by Gasteiger charge is 2.10. The third kappa shape index (κ3) is 4.92. The molecule has 0 atom stereocenters. The van der Waals surface area contributed by atoms with E-state index in [2.05, 4.69) is 22.3 Å². The Labute approximate surface area is 164 Å². The number of aromatic nitrogens is 3. The van der Waals surface area contributed by atoms with Gasteiger partial charge in [0.05, 0.1) is 5.69 Å². The number of unbranched alkanes of at least 4 members (excludes halogenated alkanes) is 1. The van der Waals surface area contributed by atoms with Crippen molar-refractivity contribution in [1.29, 1.82) is 5.26 Å². The molecule has 0 aliphatic heterocycles. The van der Waals surface area contributed by atoms with Crippen LogP contribution in [0, 0.1) is 11.3 Å². The summed E-state index contributed by atoms with van der Waals surface area (Å²) in [6.07, 6.45) is 7.95. The minimum absolute atomic E-state index is 0.0450. The fraction of sp³-hybridized carbons (Fsp3) is 0.182. The first kappa shape index (κ1) is 19.1. The van der Waals surface area contributed by atoms with E-state index in [0.717, 1.165) is 30.5 Å². The monoisotopic (exact) mass is 371 g/mol. The predicted molar refractivity (Wildman–Crippen MR) is 109 cm³/mol. The molecular formula is C22H21N5O. The summed E-state index contributed by atoms with van der Waals surface area (Å²) in [5.74, 6) is -0.427. The Morgan fingerprint density at radius 3 is 2.54 bits per heavy atom. The van der Waals surface area contributed by atoms with Crippen molar-refractivity contribution in [2.45, 2.75) is 26.2 Å². The molecule has 0 bridgehead atoms. The van der Waals surface area contributed by atoms with Crippen LogP contribution in [0.25, 0.3) is 11.8 Å². The average Bonchev–Trinajstić information content (AvgIpc) is 3.27. The van der Waals surface area contributed by atoms with Gasteiger partial charge < -0.3 is 5.32 Å². The number of nitrogens with zero attached hydrogens (tertiary/aromatic N) is 4. The van der Waals surface area contributed by atoms with Crippen LogP contribution in [0.1, 0.15) is 30.9 Å². The molecule has 2 aromatic carbocycles. The van der Waals surface area contributed by atoms with Crippen molar-refractivity contribution < 1.29 is 4.79 Å². The number of benzene rings is 2. The quantitative estimate of drug-likeness (QED) is 0.499. The van der Waals surface area contributed by atoms with Crippen molar-refractivity contribution in [1.82, 2.24) is 14.8 Å². The summed E-state index contributed by atoms with van der Waals surface area (Å²) in [6.45, 7) is 2.16. The Hall–Kier alpha value is -3.72. The van der Waals surface area contributed by atoms with Crippen LogP contribution < -0.4 is 5.32 Å². The molecule has 0 saturated carbocycles. The van der Waals surface area contributed by atoms with Crippen molar-refractivity contribution in [2.75, 3.05) is 5.32 Å². The number of aryl methyl sites for hydroxylation is 1. The molecule has 140 valence electrons. The van der Waals surface area contributed by atoms with E-state index in [4.69, 9.17) is 0 Å². The van der Waals surface area contributed by atoms with Gasteiger partial charge in [0, 0.05) is 5.69 Å². The molecule has 0 radical (unpaired) electrons. The summed E-state index contributed by atoms with van der Waals surface area (Å²) in [7, 11) is 0. The lowest BCUT2D eigenvalue weighted by Gasteiger charge is -2.06. The number of carbonyl (C=O) groups is 1. The van der Waals surface area contributed by atoms with Crippen molar-refractivity contribution in [3.8, 4) is 11.8 Å². The van der Waals surface area contributed by atoms with E-state index >= 15 is 0 Å². The number of carbonyl (C=O) groups excluding carboxylic acids is 1. The highest BCUT2D eigenvalue weighted by molar-refractivity contribution is 6.09. The van der Waals surface area contributed by atoms with Gasteiger partial charge in [0.2, 0.25) is 0 Å². The number of amides is 1. The maximum Gasteiger partial charge on any atom is 0.266 e. The number of hydrogen-bond acceptors (Lipinski definition) is 4. The van der Waals surface area contributed by atoms with Gasteiger partial charge in [-0.25, -0.2) is 9.67 Å². The van der Waals surface area contributed by atoms with Crippen LogP contribution in [0.3, 0.4) is 0 Å². The topological polar surface area (TPSA) is 83.6 Å². The van der Waals surface area contributed by atoms with E-state index in [0.29, 0.717) is 5.69 Å². The second kappa shape index (κ2) is 9.28.